The number of hydrogen-bond acceptors (Lipinski definition) is 1. The SMILES string of the molecule is BrC1(c2cccs2)CC1. The lowest BCUT2D eigenvalue weighted by Gasteiger charge is -1.98. The highest BCUT2D eigenvalue weighted by Gasteiger charge is 2.42. The Morgan fingerprint density at radius 2 is 2.33 bits per heavy atom. The van der Waals surface area contributed by atoms with Gasteiger partial charge in [-0.15, -0.1) is 11.3 Å². The molecule has 0 amide bonds. The number of hydrogen-bond donors (Lipinski definition) is 0. The van der Waals surface area contributed by atoms with E-state index >= 15 is 0 Å². The third kappa shape index (κ3) is 0.945. The molecule has 1 aliphatic carbocycles. The van der Waals surface area contributed by atoms with Crippen LogP contribution in [0.25, 0.3) is 0 Å². The van der Waals surface area contributed by atoms with Gasteiger partial charge in [0.25, 0.3) is 0 Å². The lowest BCUT2D eigenvalue weighted by atomic mass is 10.3. The van der Waals surface area contributed by atoms with Gasteiger partial charge in [0.2, 0.25) is 0 Å². The highest BCUT2D eigenvalue weighted by molar-refractivity contribution is 9.09. The van der Waals surface area contributed by atoms with Gasteiger partial charge in [0.05, 0.1) is 4.32 Å². The summed E-state index contributed by atoms with van der Waals surface area (Å²) in [7, 11) is 0. The largest absolute Gasteiger partial charge is 0.147 e. The third-order valence-corrected chi connectivity index (χ3v) is 4.21. The van der Waals surface area contributed by atoms with E-state index in [1.807, 2.05) is 11.3 Å². The summed E-state index contributed by atoms with van der Waals surface area (Å²) in [5.74, 6) is 0. The molecule has 0 spiro atoms. The molecule has 0 radical (unpaired) electrons. The standard InChI is InChI=1S/C7H7BrS/c8-7(3-4-7)6-2-1-5-9-6/h1-2,5H,3-4H2. The van der Waals surface area contributed by atoms with Crippen molar-refractivity contribution in [2.24, 2.45) is 0 Å². The maximum Gasteiger partial charge on any atom is 0.0600 e. The zero-order valence-corrected chi connectivity index (χ0v) is 7.33. The Labute approximate surface area is 67.0 Å². The lowest BCUT2D eigenvalue weighted by molar-refractivity contribution is 1.10. The fourth-order valence-corrected chi connectivity index (χ4v) is 2.38. The first kappa shape index (κ1) is 5.93. The molecule has 0 unspecified atom stereocenters. The van der Waals surface area contributed by atoms with Gasteiger partial charge < -0.3 is 0 Å². The summed E-state index contributed by atoms with van der Waals surface area (Å²) in [6.07, 6.45) is 2.63. The topological polar surface area (TPSA) is 0 Å². The van der Waals surface area contributed by atoms with E-state index in [2.05, 4.69) is 33.4 Å². The first-order valence-electron chi connectivity index (χ1n) is 3.04. The normalized spacial score (nSPS) is 21.9. The van der Waals surface area contributed by atoms with Gasteiger partial charge in [0.1, 0.15) is 0 Å². The minimum absolute atomic E-state index is 0.404. The van der Waals surface area contributed by atoms with Crippen molar-refractivity contribution in [3.05, 3.63) is 22.4 Å². The fourth-order valence-electron chi connectivity index (χ4n) is 0.890. The molecule has 0 N–H and O–H groups in total. The number of thiophene rings is 1. The van der Waals surface area contributed by atoms with Gasteiger partial charge in [-0.25, -0.2) is 0 Å². The molecule has 1 saturated carbocycles. The quantitative estimate of drug-likeness (QED) is 0.615. The van der Waals surface area contributed by atoms with Gasteiger partial charge in [-0.2, -0.15) is 0 Å². The van der Waals surface area contributed by atoms with E-state index in [0.29, 0.717) is 4.32 Å². The van der Waals surface area contributed by atoms with Crippen LogP contribution in [0.3, 0.4) is 0 Å². The summed E-state index contributed by atoms with van der Waals surface area (Å²) >= 11 is 5.53. The number of alkyl halides is 1. The molecule has 1 aromatic heterocycles. The molecule has 2 heteroatoms. The van der Waals surface area contributed by atoms with Crippen LogP contribution in [0.4, 0.5) is 0 Å². The summed E-state index contributed by atoms with van der Waals surface area (Å²) in [5, 5.41) is 2.14. The minimum Gasteiger partial charge on any atom is -0.147 e. The summed E-state index contributed by atoms with van der Waals surface area (Å²) in [6, 6.07) is 4.31. The minimum atomic E-state index is 0.404. The monoisotopic (exact) mass is 202 g/mol. The fraction of sp³-hybridized carbons (Fsp3) is 0.429. The van der Waals surface area contributed by atoms with Crippen molar-refractivity contribution in [3.8, 4) is 0 Å². The molecular weight excluding hydrogens is 196 g/mol. The maximum atomic E-state index is 3.69. The summed E-state index contributed by atoms with van der Waals surface area (Å²) in [4.78, 5) is 1.49. The van der Waals surface area contributed by atoms with E-state index in [4.69, 9.17) is 0 Å². The van der Waals surface area contributed by atoms with Crippen LogP contribution in [0.2, 0.25) is 0 Å². The summed E-state index contributed by atoms with van der Waals surface area (Å²) < 4.78 is 0.404. The number of halogens is 1. The van der Waals surface area contributed by atoms with Gasteiger partial charge in [-0.05, 0) is 24.3 Å². The van der Waals surface area contributed by atoms with Gasteiger partial charge in [-0.1, -0.05) is 22.0 Å². The van der Waals surface area contributed by atoms with Crippen molar-refractivity contribution in [2.75, 3.05) is 0 Å². The molecule has 0 aliphatic heterocycles. The van der Waals surface area contributed by atoms with Gasteiger partial charge in [0.15, 0.2) is 0 Å². The van der Waals surface area contributed by atoms with Crippen LogP contribution in [-0.2, 0) is 4.32 Å². The van der Waals surface area contributed by atoms with E-state index < -0.39 is 0 Å². The van der Waals surface area contributed by atoms with Crippen molar-refractivity contribution < 1.29 is 0 Å². The predicted octanol–water partition coefficient (Wildman–Crippen LogP) is 3.13. The molecule has 9 heavy (non-hydrogen) atoms. The first-order chi connectivity index (χ1) is 4.31. The molecule has 0 aromatic carbocycles. The maximum absolute atomic E-state index is 3.69. The summed E-state index contributed by atoms with van der Waals surface area (Å²) in [5.41, 5.74) is 0. The molecule has 1 fully saturated rings. The second-order valence-corrected chi connectivity index (χ2v) is 4.91. The van der Waals surface area contributed by atoms with Crippen molar-refractivity contribution in [2.45, 2.75) is 17.2 Å². The van der Waals surface area contributed by atoms with E-state index in [1.54, 1.807) is 0 Å². The van der Waals surface area contributed by atoms with Crippen LogP contribution in [0, 0.1) is 0 Å². The summed E-state index contributed by atoms with van der Waals surface area (Å²) in [6.45, 7) is 0. The Balaban J connectivity index is 2.34. The third-order valence-electron chi connectivity index (χ3n) is 1.65. The van der Waals surface area contributed by atoms with Crippen LogP contribution in [0.1, 0.15) is 17.7 Å². The smallest absolute Gasteiger partial charge is 0.0600 e. The van der Waals surface area contributed by atoms with Crippen molar-refractivity contribution >= 4 is 27.3 Å². The van der Waals surface area contributed by atoms with Gasteiger partial charge >= 0.3 is 0 Å². The predicted molar refractivity (Wildman–Crippen MR) is 44.2 cm³/mol. The van der Waals surface area contributed by atoms with Crippen LogP contribution in [0.5, 0.6) is 0 Å². The molecule has 1 aliphatic rings. The van der Waals surface area contributed by atoms with E-state index in [9.17, 15) is 0 Å². The Bertz CT molecular complexity index is 199. The molecule has 0 nitrogen and oxygen atoms in total. The highest BCUT2D eigenvalue weighted by atomic mass is 79.9. The molecule has 0 saturated heterocycles. The molecule has 1 aromatic rings. The van der Waals surface area contributed by atoms with Crippen molar-refractivity contribution in [1.29, 1.82) is 0 Å². The molecule has 1 heterocycles. The average Bonchev–Trinajstić information content (AvgIpc) is 2.46. The zero-order valence-electron chi connectivity index (χ0n) is 4.93. The molecule has 0 bridgehead atoms. The molecule has 2 rings (SSSR count). The Hall–Kier alpha value is 0.180. The average molecular weight is 203 g/mol. The molecular formula is C7H7BrS. The van der Waals surface area contributed by atoms with Crippen LogP contribution >= 0.6 is 27.3 Å². The van der Waals surface area contributed by atoms with Gasteiger partial charge in [0, 0.05) is 4.88 Å². The first-order valence-corrected chi connectivity index (χ1v) is 4.71. The lowest BCUT2D eigenvalue weighted by Crippen LogP contribution is -1.87. The van der Waals surface area contributed by atoms with Crippen molar-refractivity contribution in [1.82, 2.24) is 0 Å². The Morgan fingerprint density at radius 3 is 2.78 bits per heavy atom. The van der Waals surface area contributed by atoms with Gasteiger partial charge in [-0.3, -0.25) is 0 Å². The van der Waals surface area contributed by atoms with Crippen LogP contribution < -0.4 is 0 Å². The Morgan fingerprint density at radius 1 is 1.56 bits per heavy atom. The van der Waals surface area contributed by atoms with Crippen LogP contribution in [0.15, 0.2) is 17.5 Å². The Kier molecular flexibility index (Phi) is 1.21. The zero-order chi connectivity index (χ0) is 6.32. The molecule has 48 valence electrons. The van der Waals surface area contributed by atoms with E-state index in [1.165, 1.54) is 17.7 Å². The second-order valence-electron chi connectivity index (χ2n) is 2.44. The second kappa shape index (κ2) is 1.83. The van der Waals surface area contributed by atoms with Crippen LogP contribution in [-0.4, -0.2) is 0 Å². The highest BCUT2D eigenvalue weighted by Crippen LogP contribution is 2.55. The van der Waals surface area contributed by atoms with Crippen molar-refractivity contribution in [3.63, 3.8) is 0 Å². The molecule has 0 atom stereocenters. The number of rotatable bonds is 1. The van der Waals surface area contributed by atoms with E-state index in [0.717, 1.165) is 0 Å². The van der Waals surface area contributed by atoms with E-state index in [-0.39, 0.29) is 0 Å².